The van der Waals surface area contributed by atoms with Crippen LogP contribution in [0.3, 0.4) is 0 Å². The zero-order valence-electron chi connectivity index (χ0n) is 59.2. The second-order valence-corrected chi connectivity index (χ2v) is 32.1. The summed E-state index contributed by atoms with van der Waals surface area (Å²) >= 11 is 0. The van der Waals surface area contributed by atoms with Gasteiger partial charge in [-0.2, -0.15) is 0 Å². The van der Waals surface area contributed by atoms with Crippen molar-refractivity contribution in [3.8, 4) is 34.1 Å². The zero-order chi connectivity index (χ0) is 68.2. The van der Waals surface area contributed by atoms with Gasteiger partial charge in [0.25, 0.3) is 13.4 Å². The molecule has 2 unspecified atom stereocenters. The SMILES string of the molecule is CC(C)(C)c1cc2c3c(c1)N(C1C(C4CCCCC4)CCCC1C1CCCCC1)c1cc4c(cc1B3c1ccccc1N2c1ccccc1)C1(c2cc3c(cc2O4)Oc2cc(N(c4ccccc4)c4ccccc4)cc4c2B3c2ccccc2N4c2ccccc2)c2ccccc2-c2ccccc21. The molecule has 1 spiro atoms. The van der Waals surface area contributed by atoms with Crippen molar-refractivity contribution in [1.82, 2.24) is 0 Å². The van der Waals surface area contributed by atoms with Crippen molar-refractivity contribution >= 4 is 109 Å². The average molecular weight is 1340 g/mol. The Morgan fingerprint density at radius 3 is 1.38 bits per heavy atom. The summed E-state index contributed by atoms with van der Waals surface area (Å²) in [6.45, 7) is 7.04. The minimum atomic E-state index is -0.808. The predicted octanol–water partition coefficient (Wildman–Crippen LogP) is 21.0. The third kappa shape index (κ3) is 9.27. The van der Waals surface area contributed by atoms with Crippen LogP contribution < -0.4 is 61.9 Å². The first-order valence-corrected chi connectivity index (χ1v) is 38.6. The van der Waals surface area contributed by atoms with Crippen molar-refractivity contribution < 1.29 is 9.47 Å². The van der Waals surface area contributed by atoms with E-state index in [1.165, 1.54) is 167 Å². The zero-order valence-corrected chi connectivity index (χ0v) is 59.2. The fourth-order valence-electron chi connectivity index (χ4n) is 21.5. The number of fused-ring (bicyclic) bond motifs is 17. The molecule has 0 amide bonds. The molecule has 103 heavy (non-hydrogen) atoms. The number of para-hydroxylation sites is 6. The van der Waals surface area contributed by atoms with Gasteiger partial charge in [-0.3, -0.25) is 0 Å². The molecule has 12 aromatic carbocycles. The summed E-state index contributed by atoms with van der Waals surface area (Å²) in [7, 11) is 0. The van der Waals surface area contributed by atoms with Crippen LogP contribution in [-0.4, -0.2) is 19.5 Å². The lowest BCUT2D eigenvalue weighted by Gasteiger charge is -2.55. The first-order chi connectivity index (χ1) is 50.8. The third-order valence-electron chi connectivity index (χ3n) is 25.8. The Hall–Kier alpha value is -10.4. The van der Waals surface area contributed by atoms with E-state index >= 15 is 0 Å². The molecule has 3 fully saturated rings. The van der Waals surface area contributed by atoms with Crippen molar-refractivity contribution in [1.29, 1.82) is 0 Å². The van der Waals surface area contributed by atoms with E-state index in [1.54, 1.807) is 0 Å². The van der Waals surface area contributed by atoms with Crippen molar-refractivity contribution in [3.63, 3.8) is 0 Å². The van der Waals surface area contributed by atoms with Gasteiger partial charge >= 0.3 is 0 Å². The molecule has 12 aromatic rings. The highest BCUT2D eigenvalue weighted by Crippen LogP contribution is 2.64. The van der Waals surface area contributed by atoms with Gasteiger partial charge in [-0.15, -0.1) is 0 Å². The van der Waals surface area contributed by atoms with Gasteiger partial charge in [0.1, 0.15) is 23.0 Å². The largest absolute Gasteiger partial charge is 0.458 e. The maximum atomic E-state index is 8.15. The molecule has 0 aromatic heterocycles. The molecule has 3 saturated carbocycles. The first kappa shape index (κ1) is 61.3. The van der Waals surface area contributed by atoms with Gasteiger partial charge in [0, 0.05) is 92.2 Å². The van der Waals surface area contributed by atoms with Gasteiger partial charge in [0.15, 0.2) is 0 Å². The van der Waals surface area contributed by atoms with Gasteiger partial charge in [0.2, 0.25) is 0 Å². The Labute approximate surface area is 607 Å². The Kier molecular flexibility index (Phi) is 14.2. The Morgan fingerprint density at radius 1 is 0.350 bits per heavy atom. The first-order valence-electron chi connectivity index (χ1n) is 38.6. The normalized spacial score (nSPS) is 19.3. The molecule has 8 heteroatoms. The number of nitrogens with zero attached hydrogens (tertiary/aromatic N) is 4. The van der Waals surface area contributed by atoms with Gasteiger partial charge in [-0.1, -0.05) is 261 Å². The molecule has 5 heterocycles. The lowest BCUT2D eigenvalue weighted by Crippen LogP contribution is -2.65. The third-order valence-corrected chi connectivity index (χ3v) is 25.8. The van der Waals surface area contributed by atoms with Crippen LogP contribution in [0.5, 0.6) is 23.0 Å². The van der Waals surface area contributed by atoms with Gasteiger partial charge < -0.3 is 29.1 Å². The summed E-state index contributed by atoms with van der Waals surface area (Å²) < 4.78 is 16.0. The standard InChI is InChI=1S/C95H84B2N4O2/c1-94(2,3)63-53-84-91-85(54-63)101(93-69(61-31-10-4-11-32-61)45-30-46-70(93)62-33-12-5-13-34-62)83-59-87-75(57-79(83)96(91)77-49-26-28-51-81(77)99(84)66-39-18-8-19-40-66)95(73-47-24-22-43-71(73)72-44-23-25-48-74(72)95)76-58-80-89(60-88(76)102-87)103-90-56-68(98(64-35-14-6-15-36-64)65-37-16-7-17-38-65)55-86-92(90)97(80)78-50-27-29-52-82(78)100(86)67-41-20-9-21-42-67/h6-9,14-29,35-44,47-62,69-70,93H,4-5,10-13,30-34,45-46H2,1-3H3. The highest BCUT2D eigenvalue weighted by Gasteiger charge is 2.57. The maximum absolute atomic E-state index is 8.15. The highest BCUT2D eigenvalue weighted by atomic mass is 16.5. The van der Waals surface area contributed by atoms with Crippen molar-refractivity contribution in [3.05, 3.63) is 295 Å². The number of ether oxygens (including phenoxy) is 2. The number of hydrogen-bond acceptors (Lipinski definition) is 6. The second kappa shape index (κ2) is 23.8. The molecule has 9 aliphatic rings. The van der Waals surface area contributed by atoms with Crippen molar-refractivity contribution in [2.75, 3.05) is 19.6 Å². The van der Waals surface area contributed by atoms with E-state index in [2.05, 4.69) is 307 Å². The minimum Gasteiger partial charge on any atom is -0.458 e. The van der Waals surface area contributed by atoms with E-state index in [4.69, 9.17) is 9.47 Å². The van der Waals surface area contributed by atoms with Crippen LogP contribution in [0.2, 0.25) is 0 Å². The molecule has 0 N–H and O–H groups in total. The lowest BCUT2D eigenvalue weighted by atomic mass is 9.33. The summed E-state index contributed by atoms with van der Waals surface area (Å²) in [5, 5.41) is 0. The molecule has 0 bridgehead atoms. The molecule has 0 radical (unpaired) electrons. The summed E-state index contributed by atoms with van der Waals surface area (Å²) in [6, 6.07) is 102. The van der Waals surface area contributed by atoms with Crippen LogP contribution in [0, 0.1) is 23.7 Å². The van der Waals surface area contributed by atoms with Crippen molar-refractivity contribution in [2.45, 2.75) is 121 Å². The van der Waals surface area contributed by atoms with E-state index < -0.39 is 5.41 Å². The monoisotopic (exact) mass is 1330 g/mol. The smallest absolute Gasteiger partial charge is 0.256 e. The number of rotatable bonds is 8. The quantitative estimate of drug-likeness (QED) is 0.141. The molecule has 21 rings (SSSR count). The van der Waals surface area contributed by atoms with Gasteiger partial charge in [0.05, 0.1) is 11.1 Å². The van der Waals surface area contributed by atoms with E-state index in [-0.39, 0.29) is 18.8 Å². The van der Waals surface area contributed by atoms with Crippen LogP contribution in [0.1, 0.15) is 132 Å². The number of benzene rings is 12. The number of hydrogen-bond donors (Lipinski definition) is 0. The highest BCUT2D eigenvalue weighted by molar-refractivity contribution is 7.00. The topological polar surface area (TPSA) is 31.4 Å². The Morgan fingerprint density at radius 2 is 0.816 bits per heavy atom. The Bertz CT molecular complexity index is 5240. The molecule has 0 saturated heterocycles. The average Bonchev–Trinajstić information content (AvgIpc) is 1.66. The molecule has 2 atom stereocenters. The summed E-state index contributed by atoms with van der Waals surface area (Å²) in [5.41, 5.74) is 28.5. The van der Waals surface area contributed by atoms with Crippen molar-refractivity contribution in [2.24, 2.45) is 23.7 Å². The van der Waals surface area contributed by atoms with E-state index in [1.807, 2.05) is 0 Å². The summed E-state index contributed by atoms with van der Waals surface area (Å²) in [5.74, 6) is 5.90. The lowest BCUT2D eigenvalue weighted by molar-refractivity contribution is 0.0839. The molecule has 5 aliphatic heterocycles. The molecule has 6 nitrogen and oxygen atoms in total. The van der Waals surface area contributed by atoms with E-state index in [0.29, 0.717) is 29.7 Å². The predicted molar refractivity (Wildman–Crippen MR) is 429 cm³/mol. The molecular formula is C95H84B2N4O2. The van der Waals surface area contributed by atoms with Gasteiger partial charge in [-0.05, 0) is 181 Å². The maximum Gasteiger partial charge on any atom is 0.256 e. The van der Waals surface area contributed by atoms with Crippen LogP contribution in [0.15, 0.2) is 267 Å². The fraction of sp³-hybridized carbons (Fsp3) is 0.242. The Balaban J connectivity index is 0.845. The minimum absolute atomic E-state index is 0.0790. The van der Waals surface area contributed by atoms with Crippen LogP contribution >= 0.6 is 0 Å². The van der Waals surface area contributed by atoms with Crippen LogP contribution in [0.25, 0.3) is 11.1 Å². The van der Waals surface area contributed by atoms with Gasteiger partial charge in [-0.25, -0.2) is 0 Å². The van der Waals surface area contributed by atoms with E-state index in [9.17, 15) is 0 Å². The fourth-order valence-corrected chi connectivity index (χ4v) is 21.5. The van der Waals surface area contributed by atoms with E-state index in [0.717, 1.165) is 73.6 Å². The van der Waals surface area contributed by atoms with Crippen LogP contribution in [-0.2, 0) is 10.8 Å². The van der Waals surface area contributed by atoms with Crippen LogP contribution in [0.4, 0.5) is 62.6 Å². The molecule has 502 valence electrons. The molecular weight excluding hydrogens is 1250 g/mol. The summed E-state index contributed by atoms with van der Waals surface area (Å²) in [4.78, 5) is 10.6. The molecule has 4 aliphatic carbocycles. The summed E-state index contributed by atoms with van der Waals surface area (Å²) in [6.07, 6.45) is 17.3. The second-order valence-electron chi connectivity index (χ2n) is 32.1. The number of anilines is 11.